The third-order valence-corrected chi connectivity index (χ3v) is 11.3. The smallest absolute Gasteiger partial charge is 0.164 e. The molecule has 2 heterocycles. The summed E-state index contributed by atoms with van der Waals surface area (Å²) >= 11 is 0. The van der Waals surface area contributed by atoms with Crippen LogP contribution in [0.5, 0.6) is 0 Å². The molecule has 0 bridgehead atoms. The van der Waals surface area contributed by atoms with E-state index in [1.807, 2.05) is 6.07 Å². The van der Waals surface area contributed by atoms with Crippen LogP contribution in [0.15, 0.2) is 168 Å². The van der Waals surface area contributed by atoms with E-state index >= 15 is 0 Å². The van der Waals surface area contributed by atoms with Gasteiger partial charge in [0, 0.05) is 38.3 Å². The van der Waals surface area contributed by atoms with Crippen LogP contribution in [-0.4, -0.2) is 15.0 Å². The predicted octanol–water partition coefficient (Wildman–Crippen LogP) is 13.1. The minimum atomic E-state index is -0.0909. The highest BCUT2D eigenvalue weighted by atomic mass is 16.3. The second-order valence-corrected chi connectivity index (χ2v) is 14.8. The van der Waals surface area contributed by atoms with E-state index in [1.165, 1.54) is 22.3 Å². The number of nitrogens with zero attached hydrogens (tertiary/aromatic N) is 3. The third kappa shape index (κ3) is 4.60. The van der Waals surface area contributed by atoms with E-state index in [0.717, 1.165) is 71.3 Å². The normalized spacial score (nSPS) is 13.1. The lowest BCUT2D eigenvalue weighted by Crippen LogP contribution is -2.14. The first-order chi connectivity index (χ1) is 26.5. The molecule has 0 N–H and O–H groups in total. The highest BCUT2D eigenvalue weighted by Gasteiger charge is 2.35. The van der Waals surface area contributed by atoms with Crippen LogP contribution in [0.4, 0.5) is 0 Å². The standard InChI is InChI=1S/C50H33N3O/c1-50(2)43-22-11-10-19-36(43)40-27-33(24-26-44(40)50)47-51-48(39-21-12-16-31-15-6-7-17-34(31)39)53-49(52-47)42-29-41-37-25-23-32(30-13-4-3-5-14-30)28-45(37)54-46(41)38-20-9-8-18-35(38)42/h3-29H,1-2H3. The summed E-state index contributed by atoms with van der Waals surface area (Å²) in [5, 5.41) is 6.37. The monoisotopic (exact) mass is 691 g/mol. The summed E-state index contributed by atoms with van der Waals surface area (Å²) in [6, 6.07) is 57.7. The van der Waals surface area contributed by atoms with Crippen molar-refractivity contribution in [3.05, 3.63) is 175 Å². The molecule has 0 fully saturated rings. The summed E-state index contributed by atoms with van der Waals surface area (Å²) in [6.07, 6.45) is 0. The molecule has 4 nitrogen and oxygen atoms in total. The molecule has 54 heavy (non-hydrogen) atoms. The minimum absolute atomic E-state index is 0.0909. The Bertz CT molecular complexity index is 3130. The van der Waals surface area contributed by atoms with E-state index in [2.05, 4.69) is 172 Å². The average molecular weight is 692 g/mol. The SMILES string of the molecule is CC1(C)c2ccccc2-c2cc(-c3nc(-c4cccc5ccccc45)nc(-c4cc5c6ccc(-c7ccccc7)cc6oc5c5ccccc45)n3)ccc21. The molecule has 0 saturated carbocycles. The molecule has 0 amide bonds. The number of rotatable bonds is 4. The van der Waals surface area contributed by atoms with Crippen molar-refractivity contribution in [2.24, 2.45) is 0 Å². The van der Waals surface area contributed by atoms with Gasteiger partial charge < -0.3 is 4.42 Å². The van der Waals surface area contributed by atoms with Crippen LogP contribution in [0.2, 0.25) is 0 Å². The van der Waals surface area contributed by atoms with Gasteiger partial charge in [-0.15, -0.1) is 0 Å². The van der Waals surface area contributed by atoms with Crippen LogP contribution in [0.1, 0.15) is 25.0 Å². The Hall–Kier alpha value is -6.91. The van der Waals surface area contributed by atoms with E-state index in [9.17, 15) is 0 Å². The van der Waals surface area contributed by atoms with Gasteiger partial charge in [-0.3, -0.25) is 0 Å². The topological polar surface area (TPSA) is 51.8 Å². The fourth-order valence-corrected chi connectivity index (χ4v) is 8.62. The summed E-state index contributed by atoms with van der Waals surface area (Å²) < 4.78 is 6.69. The minimum Gasteiger partial charge on any atom is -0.455 e. The van der Waals surface area contributed by atoms with Gasteiger partial charge in [0.15, 0.2) is 17.5 Å². The average Bonchev–Trinajstić information content (AvgIpc) is 3.71. The van der Waals surface area contributed by atoms with Crippen molar-refractivity contribution in [2.45, 2.75) is 19.3 Å². The number of benzene rings is 8. The van der Waals surface area contributed by atoms with Crippen molar-refractivity contribution in [3.8, 4) is 56.4 Å². The highest BCUT2D eigenvalue weighted by molar-refractivity contribution is 6.19. The van der Waals surface area contributed by atoms with Crippen molar-refractivity contribution in [1.82, 2.24) is 15.0 Å². The Morgan fingerprint density at radius 2 is 1.04 bits per heavy atom. The van der Waals surface area contributed by atoms with Crippen LogP contribution in [0.25, 0.3) is 99.9 Å². The molecule has 11 rings (SSSR count). The molecule has 254 valence electrons. The Balaban J connectivity index is 1.17. The Morgan fingerprint density at radius 3 is 1.91 bits per heavy atom. The van der Waals surface area contributed by atoms with Crippen LogP contribution in [0, 0.1) is 0 Å². The molecule has 0 unspecified atom stereocenters. The van der Waals surface area contributed by atoms with Gasteiger partial charge >= 0.3 is 0 Å². The molecule has 0 saturated heterocycles. The van der Waals surface area contributed by atoms with Gasteiger partial charge in [0.25, 0.3) is 0 Å². The molecule has 0 radical (unpaired) electrons. The van der Waals surface area contributed by atoms with Crippen molar-refractivity contribution < 1.29 is 4.42 Å². The zero-order valence-corrected chi connectivity index (χ0v) is 29.8. The van der Waals surface area contributed by atoms with E-state index in [4.69, 9.17) is 19.4 Å². The van der Waals surface area contributed by atoms with Crippen LogP contribution >= 0.6 is 0 Å². The molecule has 10 aromatic rings. The molecule has 0 spiro atoms. The largest absolute Gasteiger partial charge is 0.455 e. The van der Waals surface area contributed by atoms with Crippen LogP contribution in [0.3, 0.4) is 0 Å². The zero-order valence-electron chi connectivity index (χ0n) is 29.8. The first-order valence-electron chi connectivity index (χ1n) is 18.4. The molecular weight excluding hydrogens is 659 g/mol. The molecule has 4 heteroatoms. The van der Waals surface area contributed by atoms with E-state index in [1.54, 1.807) is 0 Å². The Morgan fingerprint density at radius 1 is 0.389 bits per heavy atom. The van der Waals surface area contributed by atoms with Gasteiger partial charge in [0.1, 0.15) is 11.2 Å². The predicted molar refractivity (Wildman–Crippen MR) is 221 cm³/mol. The van der Waals surface area contributed by atoms with Gasteiger partial charge in [-0.2, -0.15) is 0 Å². The maximum atomic E-state index is 6.69. The summed E-state index contributed by atoms with van der Waals surface area (Å²) in [7, 11) is 0. The van der Waals surface area contributed by atoms with Crippen molar-refractivity contribution >= 4 is 43.5 Å². The summed E-state index contributed by atoms with van der Waals surface area (Å²) in [5.41, 5.74) is 11.9. The molecule has 0 atom stereocenters. The maximum absolute atomic E-state index is 6.69. The summed E-state index contributed by atoms with van der Waals surface area (Å²) in [6.45, 7) is 4.61. The quantitative estimate of drug-likeness (QED) is 0.184. The number of fused-ring (bicyclic) bond motifs is 9. The molecule has 0 aliphatic heterocycles. The van der Waals surface area contributed by atoms with Crippen LogP contribution < -0.4 is 0 Å². The van der Waals surface area contributed by atoms with Gasteiger partial charge in [0.05, 0.1) is 0 Å². The van der Waals surface area contributed by atoms with E-state index in [-0.39, 0.29) is 5.41 Å². The van der Waals surface area contributed by atoms with Crippen molar-refractivity contribution in [2.75, 3.05) is 0 Å². The maximum Gasteiger partial charge on any atom is 0.164 e. The second kappa shape index (κ2) is 11.5. The van der Waals surface area contributed by atoms with Gasteiger partial charge in [0.2, 0.25) is 0 Å². The van der Waals surface area contributed by atoms with Gasteiger partial charge in [-0.1, -0.05) is 153 Å². The highest BCUT2D eigenvalue weighted by Crippen LogP contribution is 2.49. The second-order valence-electron chi connectivity index (χ2n) is 14.8. The first-order valence-corrected chi connectivity index (χ1v) is 18.4. The van der Waals surface area contributed by atoms with Crippen LogP contribution in [-0.2, 0) is 5.41 Å². The summed E-state index contributed by atoms with van der Waals surface area (Å²) in [4.78, 5) is 15.9. The molecule has 1 aliphatic rings. The van der Waals surface area contributed by atoms with Crippen molar-refractivity contribution in [3.63, 3.8) is 0 Å². The Kier molecular flexibility index (Phi) is 6.56. The van der Waals surface area contributed by atoms with Gasteiger partial charge in [-0.25, -0.2) is 15.0 Å². The first kappa shape index (κ1) is 30.7. The summed E-state index contributed by atoms with van der Waals surface area (Å²) in [5.74, 6) is 1.90. The fraction of sp³-hybridized carbons (Fsp3) is 0.0600. The lowest BCUT2D eigenvalue weighted by atomic mass is 9.82. The fourth-order valence-electron chi connectivity index (χ4n) is 8.62. The number of aromatic nitrogens is 3. The number of hydrogen-bond donors (Lipinski definition) is 0. The number of furan rings is 1. The van der Waals surface area contributed by atoms with Gasteiger partial charge in [-0.05, 0) is 73.8 Å². The third-order valence-electron chi connectivity index (χ3n) is 11.3. The van der Waals surface area contributed by atoms with E-state index < -0.39 is 0 Å². The van der Waals surface area contributed by atoms with E-state index in [0.29, 0.717) is 17.5 Å². The molecule has 1 aliphatic carbocycles. The molecule has 2 aromatic heterocycles. The zero-order chi connectivity index (χ0) is 36.0. The number of hydrogen-bond acceptors (Lipinski definition) is 4. The molecular formula is C50H33N3O. The van der Waals surface area contributed by atoms with Crippen molar-refractivity contribution in [1.29, 1.82) is 0 Å². The Labute approximate surface area is 312 Å². The lowest BCUT2D eigenvalue weighted by Gasteiger charge is -2.21. The molecule has 8 aromatic carbocycles. The lowest BCUT2D eigenvalue weighted by molar-refractivity contribution is 0.660.